The minimum atomic E-state index is -4.34. The number of aryl methyl sites for hydroxylation is 1. The first-order valence-corrected chi connectivity index (χ1v) is 7.74. The highest BCUT2D eigenvalue weighted by Crippen LogP contribution is 2.34. The molecule has 0 saturated carbocycles. The van der Waals surface area contributed by atoms with E-state index < -0.39 is 11.7 Å². The van der Waals surface area contributed by atoms with Crippen molar-refractivity contribution in [2.24, 2.45) is 0 Å². The number of nitrogens with one attached hydrogen (secondary N) is 1. The van der Waals surface area contributed by atoms with Gasteiger partial charge in [0.1, 0.15) is 0 Å². The zero-order valence-corrected chi connectivity index (χ0v) is 12.5. The maximum absolute atomic E-state index is 12.6. The van der Waals surface area contributed by atoms with Crippen LogP contribution in [0.5, 0.6) is 0 Å². The number of thiazole rings is 2. The van der Waals surface area contributed by atoms with E-state index in [2.05, 4.69) is 15.3 Å². The summed E-state index contributed by atoms with van der Waals surface area (Å²) in [6.07, 6.45) is -4.34. The van der Waals surface area contributed by atoms with Gasteiger partial charge in [0, 0.05) is 5.38 Å². The van der Waals surface area contributed by atoms with Gasteiger partial charge in [0.2, 0.25) is 0 Å². The van der Waals surface area contributed by atoms with Gasteiger partial charge in [-0.25, -0.2) is 9.97 Å². The summed E-state index contributed by atoms with van der Waals surface area (Å²) in [5.41, 5.74) is 0.571. The number of anilines is 1. The Hall–Kier alpha value is -1.67. The van der Waals surface area contributed by atoms with E-state index in [1.807, 2.05) is 12.3 Å². The van der Waals surface area contributed by atoms with Crippen LogP contribution in [0.4, 0.5) is 18.3 Å². The van der Waals surface area contributed by atoms with Gasteiger partial charge in [0.05, 0.1) is 33.0 Å². The Labute approximate surface area is 126 Å². The lowest BCUT2D eigenvalue weighted by molar-refractivity contribution is -0.137. The molecule has 0 aliphatic rings. The van der Waals surface area contributed by atoms with Crippen LogP contribution >= 0.6 is 22.7 Å². The molecule has 0 amide bonds. The highest BCUT2D eigenvalue weighted by Gasteiger charge is 2.30. The molecule has 0 unspecified atom stereocenters. The van der Waals surface area contributed by atoms with Crippen molar-refractivity contribution in [2.75, 3.05) is 5.32 Å². The fraction of sp³-hybridized carbons (Fsp3) is 0.231. The average Bonchev–Trinajstić information content (AvgIpc) is 2.99. The molecule has 0 atom stereocenters. The molecule has 0 spiro atoms. The van der Waals surface area contributed by atoms with Crippen LogP contribution in [-0.4, -0.2) is 9.97 Å². The number of alkyl halides is 3. The summed E-state index contributed by atoms with van der Waals surface area (Å²) < 4.78 is 38.7. The quantitative estimate of drug-likeness (QED) is 0.757. The minimum absolute atomic E-state index is 0.354. The molecule has 2 heterocycles. The van der Waals surface area contributed by atoms with Gasteiger partial charge in [0.15, 0.2) is 5.13 Å². The van der Waals surface area contributed by atoms with Crippen LogP contribution in [0.15, 0.2) is 23.6 Å². The fourth-order valence-corrected chi connectivity index (χ4v) is 3.29. The Morgan fingerprint density at radius 3 is 2.71 bits per heavy atom. The minimum Gasteiger partial charge on any atom is -0.356 e. The number of nitrogens with zero attached hydrogens (tertiary/aromatic N) is 2. The van der Waals surface area contributed by atoms with Crippen molar-refractivity contribution < 1.29 is 13.2 Å². The maximum atomic E-state index is 12.6. The lowest BCUT2D eigenvalue weighted by Gasteiger charge is -2.04. The molecule has 21 heavy (non-hydrogen) atoms. The van der Waals surface area contributed by atoms with Crippen LogP contribution in [0.3, 0.4) is 0 Å². The van der Waals surface area contributed by atoms with Gasteiger partial charge in [-0.05, 0) is 25.1 Å². The summed E-state index contributed by atoms with van der Waals surface area (Å²) in [7, 11) is 0. The molecule has 1 N–H and O–H groups in total. The number of hydrogen-bond acceptors (Lipinski definition) is 5. The molecule has 0 bridgehead atoms. The van der Waals surface area contributed by atoms with Crippen molar-refractivity contribution in [1.29, 1.82) is 0 Å². The van der Waals surface area contributed by atoms with Crippen molar-refractivity contribution in [1.82, 2.24) is 9.97 Å². The second-order valence-electron chi connectivity index (χ2n) is 4.41. The Bertz CT molecular complexity index is 776. The molecule has 0 radical (unpaired) electrons. The topological polar surface area (TPSA) is 37.8 Å². The highest BCUT2D eigenvalue weighted by atomic mass is 32.1. The third kappa shape index (κ3) is 3.16. The van der Waals surface area contributed by atoms with E-state index in [9.17, 15) is 13.2 Å². The van der Waals surface area contributed by atoms with Gasteiger partial charge in [-0.2, -0.15) is 13.2 Å². The van der Waals surface area contributed by atoms with Gasteiger partial charge in [-0.1, -0.05) is 11.3 Å². The summed E-state index contributed by atoms with van der Waals surface area (Å²) in [5, 5.41) is 6.60. The van der Waals surface area contributed by atoms with E-state index in [1.54, 1.807) is 11.3 Å². The van der Waals surface area contributed by atoms with Crippen molar-refractivity contribution in [2.45, 2.75) is 19.6 Å². The zero-order chi connectivity index (χ0) is 15.0. The summed E-state index contributed by atoms with van der Waals surface area (Å²) in [6, 6.07) is 3.60. The van der Waals surface area contributed by atoms with Crippen molar-refractivity contribution in [3.05, 3.63) is 39.8 Å². The van der Waals surface area contributed by atoms with Crippen LogP contribution in [0.25, 0.3) is 10.2 Å². The van der Waals surface area contributed by atoms with E-state index in [0.717, 1.165) is 27.5 Å². The number of aromatic nitrogens is 2. The molecular formula is C13H10F3N3S2. The molecule has 0 aliphatic carbocycles. The Morgan fingerprint density at radius 1 is 1.24 bits per heavy atom. The smallest absolute Gasteiger partial charge is 0.356 e. The Morgan fingerprint density at radius 2 is 2.05 bits per heavy atom. The van der Waals surface area contributed by atoms with Crippen LogP contribution < -0.4 is 5.32 Å². The standard InChI is InChI=1S/C13H10F3N3S2/c1-7-18-9(6-20-7)5-17-12-19-10-4-8(13(14,15)16)2-3-11(10)21-12/h2-4,6H,5H2,1H3,(H,17,19). The molecule has 3 nitrogen and oxygen atoms in total. The number of hydrogen-bond donors (Lipinski definition) is 1. The van der Waals surface area contributed by atoms with Gasteiger partial charge in [-0.15, -0.1) is 11.3 Å². The number of fused-ring (bicyclic) bond motifs is 1. The van der Waals surface area contributed by atoms with Crippen molar-refractivity contribution >= 4 is 38.0 Å². The van der Waals surface area contributed by atoms with Crippen LogP contribution in [0.2, 0.25) is 0 Å². The van der Waals surface area contributed by atoms with Gasteiger partial charge >= 0.3 is 6.18 Å². The predicted octanol–water partition coefficient (Wildman–Crippen LogP) is 4.69. The molecule has 1 aromatic carbocycles. The Balaban J connectivity index is 1.80. The summed E-state index contributed by atoms with van der Waals surface area (Å²) >= 11 is 2.88. The average molecular weight is 329 g/mol. The zero-order valence-electron chi connectivity index (χ0n) is 10.9. The van der Waals surface area contributed by atoms with E-state index in [-0.39, 0.29) is 0 Å². The molecule has 0 saturated heterocycles. The normalized spacial score (nSPS) is 12.0. The van der Waals surface area contributed by atoms with Crippen LogP contribution in [0, 0.1) is 6.92 Å². The molecule has 0 fully saturated rings. The lowest BCUT2D eigenvalue weighted by Crippen LogP contribution is -2.04. The summed E-state index contributed by atoms with van der Waals surface area (Å²) in [5.74, 6) is 0. The number of benzene rings is 1. The molecule has 3 aromatic rings. The second-order valence-corrected chi connectivity index (χ2v) is 6.50. The van der Waals surface area contributed by atoms with Gasteiger partial charge < -0.3 is 5.32 Å². The number of halogens is 3. The molecular weight excluding hydrogens is 319 g/mol. The molecule has 2 aromatic heterocycles. The molecule has 8 heteroatoms. The molecule has 3 rings (SSSR count). The third-order valence-corrected chi connectivity index (χ3v) is 4.62. The molecule has 0 aliphatic heterocycles. The van der Waals surface area contributed by atoms with Crippen LogP contribution in [0.1, 0.15) is 16.3 Å². The monoisotopic (exact) mass is 329 g/mol. The Kier molecular flexibility index (Phi) is 3.58. The predicted molar refractivity (Wildman–Crippen MR) is 78.8 cm³/mol. The fourth-order valence-electron chi connectivity index (χ4n) is 1.83. The van der Waals surface area contributed by atoms with Crippen molar-refractivity contribution in [3.8, 4) is 0 Å². The van der Waals surface area contributed by atoms with E-state index >= 15 is 0 Å². The molecule has 110 valence electrons. The van der Waals surface area contributed by atoms with Crippen LogP contribution in [-0.2, 0) is 12.7 Å². The van der Waals surface area contributed by atoms with E-state index in [1.165, 1.54) is 17.4 Å². The first-order valence-electron chi connectivity index (χ1n) is 6.04. The number of rotatable bonds is 3. The van der Waals surface area contributed by atoms with Gasteiger partial charge in [0.25, 0.3) is 0 Å². The van der Waals surface area contributed by atoms with Gasteiger partial charge in [-0.3, -0.25) is 0 Å². The second kappa shape index (κ2) is 5.27. The van der Waals surface area contributed by atoms with Crippen molar-refractivity contribution in [3.63, 3.8) is 0 Å². The van der Waals surface area contributed by atoms with E-state index in [0.29, 0.717) is 17.2 Å². The largest absolute Gasteiger partial charge is 0.416 e. The third-order valence-electron chi connectivity index (χ3n) is 2.80. The lowest BCUT2D eigenvalue weighted by atomic mass is 10.2. The first kappa shape index (κ1) is 14.3. The highest BCUT2D eigenvalue weighted by molar-refractivity contribution is 7.22. The maximum Gasteiger partial charge on any atom is 0.416 e. The van der Waals surface area contributed by atoms with E-state index in [4.69, 9.17) is 0 Å². The first-order chi connectivity index (χ1) is 9.91. The SMILES string of the molecule is Cc1nc(CNc2nc3cc(C(F)(F)F)ccc3s2)cs1. The summed E-state index contributed by atoms with van der Waals surface area (Å²) in [4.78, 5) is 8.50. The summed E-state index contributed by atoms with van der Waals surface area (Å²) in [6.45, 7) is 2.43.